The lowest BCUT2D eigenvalue weighted by Crippen LogP contribution is -2.28. The first-order valence-electron chi connectivity index (χ1n) is 19.2. The van der Waals surface area contributed by atoms with E-state index in [4.69, 9.17) is 0 Å². The quantitative estimate of drug-likeness (QED) is 0.168. The van der Waals surface area contributed by atoms with Gasteiger partial charge in [0.05, 0.1) is 5.41 Å². The molecule has 256 valence electrons. The molecule has 0 aromatic heterocycles. The van der Waals surface area contributed by atoms with Gasteiger partial charge in [-0.15, -0.1) is 0 Å². The zero-order valence-corrected chi connectivity index (χ0v) is 30.3. The third-order valence-electron chi connectivity index (χ3n) is 11.9. The molecule has 1 aliphatic carbocycles. The SMILES string of the molecule is c1ccc(C2(c3ccccc3)c3ccccc3-c3ccc(-c4cc(-c5ccc6cc(-c7ccc8ccccc8c7)ccc6c5)c5ccccc5c4)cc32)cc1. The van der Waals surface area contributed by atoms with Crippen LogP contribution in [0.15, 0.2) is 218 Å². The van der Waals surface area contributed by atoms with Crippen LogP contribution in [0.5, 0.6) is 0 Å². The summed E-state index contributed by atoms with van der Waals surface area (Å²) in [6.45, 7) is 0. The summed E-state index contributed by atoms with van der Waals surface area (Å²) in [5.74, 6) is 0. The van der Waals surface area contributed by atoms with Crippen LogP contribution in [0, 0.1) is 0 Å². The van der Waals surface area contributed by atoms with Gasteiger partial charge in [0.1, 0.15) is 0 Å². The van der Waals surface area contributed by atoms with Crippen molar-refractivity contribution in [1.29, 1.82) is 0 Å². The van der Waals surface area contributed by atoms with Crippen LogP contribution in [0.3, 0.4) is 0 Å². The number of hydrogen-bond donors (Lipinski definition) is 0. The Bertz CT molecular complexity index is 3040. The minimum Gasteiger partial charge on any atom is -0.0622 e. The number of hydrogen-bond acceptors (Lipinski definition) is 0. The Morgan fingerprint density at radius 1 is 0.236 bits per heavy atom. The van der Waals surface area contributed by atoms with Gasteiger partial charge < -0.3 is 0 Å². The lowest BCUT2D eigenvalue weighted by Gasteiger charge is -2.34. The van der Waals surface area contributed by atoms with Gasteiger partial charge in [0.25, 0.3) is 0 Å². The average Bonchev–Trinajstić information content (AvgIpc) is 3.56. The van der Waals surface area contributed by atoms with E-state index >= 15 is 0 Å². The molecule has 0 amide bonds. The first-order valence-corrected chi connectivity index (χ1v) is 19.2. The van der Waals surface area contributed by atoms with E-state index in [0.29, 0.717) is 0 Å². The Morgan fingerprint density at radius 2 is 0.709 bits per heavy atom. The number of benzene rings is 10. The van der Waals surface area contributed by atoms with Gasteiger partial charge in [0.2, 0.25) is 0 Å². The molecule has 10 aromatic rings. The van der Waals surface area contributed by atoms with Gasteiger partial charge in [-0.25, -0.2) is 0 Å². The summed E-state index contributed by atoms with van der Waals surface area (Å²) in [4.78, 5) is 0. The highest BCUT2D eigenvalue weighted by Crippen LogP contribution is 2.56. The zero-order valence-electron chi connectivity index (χ0n) is 30.3. The summed E-state index contributed by atoms with van der Waals surface area (Å²) in [5.41, 5.74) is 14.8. The molecule has 0 radical (unpaired) electrons. The third kappa shape index (κ3) is 4.99. The van der Waals surface area contributed by atoms with Crippen molar-refractivity contribution in [2.24, 2.45) is 0 Å². The fourth-order valence-corrected chi connectivity index (χ4v) is 9.30. The second-order valence-corrected chi connectivity index (χ2v) is 14.9. The molecular weight excluding hydrogens is 661 g/mol. The van der Waals surface area contributed by atoms with Gasteiger partial charge in [0, 0.05) is 0 Å². The maximum absolute atomic E-state index is 2.47. The van der Waals surface area contributed by atoms with Gasteiger partial charge >= 0.3 is 0 Å². The Kier molecular flexibility index (Phi) is 7.19. The molecule has 0 heterocycles. The van der Waals surface area contributed by atoms with Crippen molar-refractivity contribution in [3.05, 3.63) is 241 Å². The lowest BCUT2D eigenvalue weighted by molar-refractivity contribution is 0.769. The van der Waals surface area contributed by atoms with E-state index in [9.17, 15) is 0 Å². The highest BCUT2D eigenvalue weighted by molar-refractivity contribution is 6.03. The monoisotopic (exact) mass is 696 g/mol. The normalized spacial score (nSPS) is 12.9. The Morgan fingerprint density at radius 3 is 1.44 bits per heavy atom. The topological polar surface area (TPSA) is 0 Å². The summed E-state index contributed by atoms with van der Waals surface area (Å²) in [5, 5.41) is 7.51. The molecule has 0 heteroatoms. The maximum Gasteiger partial charge on any atom is 0.0713 e. The maximum atomic E-state index is 2.47. The molecule has 1 aliphatic rings. The van der Waals surface area contributed by atoms with Crippen LogP contribution in [0.2, 0.25) is 0 Å². The Balaban J connectivity index is 1.06. The highest BCUT2D eigenvalue weighted by atomic mass is 14.5. The van der Waals surface area contributed by atoms with E-state index in [1.165, 1.54) is 99.1 Å². The molecular formula is C55H36. The summed E-state index contributed by atoms with van der Waals surface area (Å²) < 4.78 is 0. The molecule has 0 bridgehead atoms. The van der Waals surface area contributed by atoms with Crippen LogP contribution in [0.1, 0.15) is 22.3 Å². The van der Waals surface area contributed by atoms with E-state index in [2.05, 4.69) is 218 Å². The molecule has 0 nitrogen and oxygen atoms in total. The van der Waals surface area contributed by atoms with E-state index in [-0.39, 0.29) is 0 Å². The molecule has 0 spiro atoms. The Hall–Kier alpha value is -7.02. The van der Waals surface area contributed by atoms with Crippen LogP contribution in [-0.4, -0.2) is 0 Å². The van der Waals surface area contributed by atoms with E-state index in [0.717, 1.165) is 0 Å². The van der Waals surface area contributed by atoms with Gasteiger partial charge in [0.15, 0.2) is 0 Å². The fourth-order valence-electron chi connectivity index (χ4n) is 9.30. The van der Waals surface area contributed by atoms with Crippen molar-refractivity contribution in [2.45, 2.75) is 5.41 Å². The standard InChI is InChI=1S/C55H36/c1-3-16-47(17-4-1)55(48-18-5-2-6-19-48)53-22-12-11-21-50(53)51-30-29-43(36-54(51)55)46-34-44-15-9-10-20-49(44)52(35-46)45-28-27-41-32-40(25-26-42(41)33-45)39-24-23-37-13-7-8-14-38(37)31-39/h1-36H. The van der Waals surface area contributed by atoms with Gasteiger partial charge in [-0.3, -0.25) is 0 Å². The molecule has 0 aliphatic heterocycles. The van der Waals surface area contributed by atoms with E-state index < -0.39 is 5.41 Å². The van der Waals surface area contributed by atoms with Gasteiger partial charge in [-0.05, 0) is 135 Å². The molecule has 0 saturated carbocycles. The molecule has 55 heavy (non-hydrogen) atoms. The van der Waals surface area contributed by atoms with Gasteiger partial charge in [-0.1, -0.05) is 182 Å². The molecule has 10 aromatic carbocycles. The number of rotatable bonds is 5. The first-order chi connectivity index (χ1) is 27.2. The summed E-state index contributed by atoms with van der Waals surface area (Å²) in [7, 11) is 0. The first kappa shape index (κ1) is 31.5. The number of fused-ring (bicyclic) bond motifs is 6. The highest BCUT2D eigenvalue weighted by Gasteiger charge is 2.46. The lowest BCUT2D eigenvalue weighted by atomic mass is 9.67. The second kappa shape index (κ2) is 12.5. The van der Waals surface area contributed by atoms with Crippen LogP contribution < -0.4 is 0 Å². The van der Waals surface area contributed by atoms with Crippen LogP contribution in [0.25, 0.3) is 76.8 Å². The summed E-state index contributed by atoms with van der Waals surface area (Å²) in [6.07, 6.45) is 0. The van der Waals surface area contributed by atoms with Crippen molar-refractivity contribution in [3.8, 4) is 44.5 Å². The minimum atomic E-state index is -0.436. The van der Waals surface area contributed by atoms with E-state index in [1.54, 1.807) is 0 Å². The predicted molar refractivity (Wildman–Crippen MR) is 233 cm³/mol. The van der Waals surface area contributed by atoms with Crippen molar-refractivity contribution in [1.82, 2.24) is 0 Å². The largest absolute Gasteiger partial charge is 0.0713 e. The van der Waals surface area contributed by atoms with E-state index in [1.807, 2.05) is 0 Å². The Labute approximate surface area is 321 Å². The van der Waals surface area contributed by atoms with Gasteiger partial charge in [-0.2, -0.15) is 0 Å². The molecule has 0 N–H and O–H groups in total. The minimum absolute atomic E-state index is 0.436. The second-order valence-electron chi connectivity index (χ2n) is 14.9. The van der Waals surface area contributed by atoms with Crippen molar-refractivity contribution in [3.63, 3.8) is 0 Å². The van der Waals surface area contributed by atoms with Crippen LogP contribution in [-0.2, 0) is 5.41 Å². The molecule has 0 atom stereocenters. The van der Waals surface area contributed by atoms with Crippen molar-refractivity contribution >= 4 is 32.3 Å². The zero-order chi connectivity index (χ0) is 36.3. The molecule has 0 fully saturated rings. The van der Waals surface area contributed by atoms with Crippen molar-refractivity contribution < 1.29 is 0 Å². The van der Waals surface area contributed by atoms with Crippen molar-refractivity contribution in [2.75, 3.05) is 0 Å². The van der Waals surface area contributed by atoms with Crippen LogP contribution >= 0.6 is 0 Å². The average molecular weight is 697 g/mol. The smallest absolute Gasteiger partial charge is 0.0622 e. The molecule has 0 unspecified atom stereocenters. The fraction of sp³-hybridized carbons (Fsp3) is 0.0182. The predicted octanol–water partition coefficient (Wildman–Crippen LogP) is 14.5. The third-order valence-corrected chi connectivity index (χ3v) is 11.9. The van der Waals surface area contributed by atoms with Crippen LogP contribution in [0.4, 0.5) is 0 Å². The summed E-state index contributed by atoms with van der Waals surface area (Å²) in [6, 6.07) is 81.0. The molecule has 11 rings (SSSR count). The summed E-state index contributed by atoms with van der Waals surface area (Å²) >= 11 is 0. The molecule has 0 saturated heterocycles.